The monoisotopic (exact) mass is 273 g/mol. The van der Waals surface area contributed by atoms with Crippen molar-refractivity contribution in [3.63, 3.8) is 0 Å². The molecule has 0 saturated heterocycles. The Kier molecular flexibility index (Phi) is 2.73. The van der Waals surface area contributed by atoms with Crippen LogP contribution in [0, 0.1) is 5.82 Å². The first-order valence-corrected chi connectivity index (χ1v) is 7.03. The van der Waals surface area contributed by atoms with E-state index >= 15 is 0 Å². The van der Waals surface area contributed by atoms with Gasteiger partial charge in [0.1, 0.15) is 12.1 Å². The third-order valence-electron chi connectivity index (χ3n) is 3.86. The number of nitrogens with zero attached hydrogens (tertiary/aromatic N) is 2. The number of nitrogens with one attached hydrogen (secondary N) is 1. The van der Waals surface area contributed by atoms with Crippen LogP contribution < -0.4 is 10.2 Å². The summed E-state index contributed by atoms with van der Waals surface area (Å²) in [6.45, 7) is 1.52. The molecule has 1 aromatic carbocycles. The molecule has 1 aliphatic carbocycles. The van der Waals surface area contributed by atoms with Crippen molar-refractivity contribution in [2.75, 3.05) is 11.4 Å². The molecule has 0 unspecified atom stereocenters. The van der Waals surface area contributed by atoms with Crippen LogP contribution in [0.5, 0.6) is 0 Å². The molecule has 0 atom stereocenters. The summed E-state index contributed by atoms with van der Waals surface area (Å²) < 4.78 is 18.9. The summed E-state index contributed by atoms with van der Waals surface area (Å²) >= 11 is 0. The number of hydrogen-bond acceptors (Lipinski definition) is 4. The van der Waals surface area contributed by atoms with Gasteiger partial charge in [-0.1, -0.05) is 6.07 Å². The minimum atomic E-state index is -0.224. The highest BCUT2D eigenvalue weighted by Crippen LogP contribution is 2.34. The Morgan fingerprint density at radius 3 is 3.15 bits per heavy atom. The SMILES string of the molecule is Fc1ccc2c(c1)N(c1nc(CNC3CC3)co1)CC2. The molecule has 2 aliphatic rings. The fraction of sp³-hybridized carbons (Fsp3) is 0.400. The van der Waals surface area contributed by atoms with Crippen molar-refractivity contribution in [2.24, 2.45) is 0 Å². The van der Waals surface area contributed by atoms with Gasteiger partial charge in [0.2, 0.25) is 0 Å². The zero-order valence-electron chi connectivity index (χ0n) is 11.1. The molecule has 5 heteroatoms. The van der Waals surface area contributed by atoms with E-state index in [1.165, 1.54) is 18.9 Å². The largest absolute Gasteiger partial charge is 0.431 e. The van der Waals surface area contributed by atoms with E-state index in [1.807, 2.05) is 11.0 Å². The molecular weight excluding hydrogens is 257 g/mol. The lowest BCUT2D eigenvalue weighted by atomic mass is 10.2. The quantitative estimate of drug-likeness (QED) is 0.930. The van der Waals surface area contributed by atoms with Gasteiger partial charge in [0, 0.05) is 19.1 Å². The van der Waals surface area contributed by atoms with Crippen LogP contribution in [0.25, 0.3) is 0 Å². The first-order chi connectivity index (χ1) is 9.79. The Morgan fingerprint density at radius 1 is 1.40 bits per heavy atom. The molecule has 1 N–H and O–H groups in total. The van der Waals surface area contributed by atoms with E-state index in [2.05, 4.69) is 10.3 Å². The molecule has 0 radical (unpaired) electrons. The van der Waals surface area contributed by atoms with Crippen molar-refractivity contribution in [1.82, 2.24) is 10.3 Å². The van der Waals surface area contributed by atoms with Gasteiger partial charge in [-0.25, -0.2) is 4.39 Å². The van der Waals surface area contributed by atoms with Gasteiger partial charge < -0.3 is 9.73 Å². The van der Waals surface area contributed by atoms with Crippen LogP contribution in [-0.2, 0) is 13.0 Å². The van der Waals surface area contributed by atoms with Crippen LogP contribution in [0.4, 0.5) is 16.1 Å². The Morgan fingerprint density at radius 2 is 2.30 bits per heavy atom. The first-order valence-electron chi connectivity index (χ1n) is 7.03. The summed E-state index contributed by atoms with van der Waals surface area (Å²) in [6.07, 6.45) is 5.09. The van der Waals surface area contributed by atoms with Gasteiger partial charge in [-0.05, 0) is 37.0 Å². The summed E-state index contributed by atoms with van der Waals surface area (Å²) in [4.78, 5) is 6.44. The first kappa shape index (κ1) is 11.9. The standard InChI is InChI=1S/C15H16FN3O/c16-11-2-1-10-5-6-19(14(10)7-11)15-18-13(9-20-15)8-17-12-3-4-12/h1-2,7,9,12,17H,3-6,8H2. The maximum Gasteiger partial charge on any atom is 0.302 e. The number of oxazole rings is 1. The number of hydrogen-bond donors (Lipinski definition) is 1. The summed E-state index contributed by atoms with van der Waals surface area (Å²) in [5.41, 5.74) is 2.91. The van der Waals surface area contributed by atoms with Crippen LogP contribution in [0.15, 0.2) is 28.9 Å². The molecular formula is C15H16FN3O. The normalized spacial score (nSPS) is 17.6. The minimum absolute atomic E-state index is 0.224. The van der Waals surface area contributed by atoms with Gasteiger partial charge >= 0.3 is 6.01 Å². The molecule has 4 rings (SSSR count). The average molecular weight is 273 g/mol. The van der Waals surface area contributed by atoms with E-state index in [0.717, 1.165) is 36.5 Å². The van der Waals surface area contributed by atoms with Gasteiger partial charge in [-0.3, -0.25) is 4.90 Å². The second kappa shape index (κ2) is 4.59. The number of aromatic nitrogens is 1. The molecule has 0 amide bonds. The molecule has 4 nitrogen and oxygen atoms in total. The fourth-order valence-electron chi connectivity index (χ4n) is 2.59. The summed E-state index contributed by atoms with van der Waals surface area (Å²) in [5.74, 6) is -0.224. The van der Waals surface area contributed by atoms with Gasteiger partial charge in [0.05, 0.1) is 11.4 Å². The third-order valence-corrected chi connectivity index (χ3v) is 3.86. The van der Waals surface area contributed by atoms with Crippen LogP contribution in [0.2, 0.25) is 0 Å². The molecule has 2 heterocycles. The maximum atomic E-state index is 13.4. The topological polar surface area (TPSA) is 41.3 Å². The van der Waals surface area contributed by atoms with E-state index in [1.54, 1.807) is 12.3 Å². The Hall–Kier alpha value is -1.88. The predicted octanol–water partition coefficient (Wildman–Crippen LogP) is 2.76. The minimum Gasteiger partial charge on any atom is -0.431 e. The number of halogens is 1. The zero-order valence-corrected chi connectivity index (χ0v) is 11.1. The summed E-state index contributed by atoms with van der Waals surface area (Å²) in [7, 11) is 0. The lowest BCUT2D eigenvalue weighted by Gasteiger charge is -2.14. The maximum absolute atomic E-state index is 13.4. The third kappa shape index (κ3) is 2.18. The van der Waals surface area contributed by atoms with Crippen molar-refractivity contribution < 1.29 is 8.81 Å². The van der Waals surface area contributed by atoms with E-state index in [9.17, 15) is 4.39 Å². The van der Waals surface area contributed by atoms with E-state index in [4.69, 9.17) is 4.42 Å². The van der Waals surface area contributed by atoms with E-state index < -0.39 is 0 Å². The molecule has 1 saturated carbocycles. The molecule has 20 heavy (non-hydrogen) atoms. The number of benzene rings is 1. The van der Waals surface area contributed by atoms with Crippen molar-refractivity contribution in [2.45, 2.75) is 31.8 Å². The van der Waals surface area contributed by atoms with Crippen molar-refractivity contribution in [3.05, 3.63) is 41.5 Å². The van der Waals surface area contributed by atoms with Gasteiger partial charge in [-0.2, -0.15) is 4.98 Å². The van der Waals surface area contributed by atoms with Crippen LogP contribution in [0.3, 0.4) is 0 Å². The van der Waals surface area contributed by atoms with Gasteiger partial charge in [-0.15, -0.1) is 0 Å². The molecule has 0 spiro atoms. The van der Waals surface area contributed by atoms with Gasteiger partial charge in [0.15, 0.2) is 0 Å². The van der Waals surface area contributed by atoms with Crippen molar-refractivity contribution in [1.29, 1.82) is 0 Å². The van der Waals surface area contributed by atoms with Crippen molar-refractivity contribution >= 4 is 11.7 Å². The predicted molar refractivity (Wildman–Crippen MR) is 73.5 cm³/mol. The highest BCUT2D eigenvalue weighted by Gasteiger charge is 2.25. The average Bonchev–Trinajstić information content (AvgIpc) is 3.00. The smallest absolute Gasteiger partial charge is 0.302 e. The van der Waals surface area contributed by atoms with Crippen LogP contribution >= 0.6 is 0 Å². The number of fused-ring (bicyclic) bond motifs is 1. The van der Waals surface area contributed by atoms with Crippen LogP contribution in [0.1, 0.15) is 24.1 Å². The molecule has 1 aliphatic heterocycles. The van der Waals surface area contributed by atoms with Gasteiger partial charge in [0.25, 0.3) is 0 Å². The zero-order chi connectivity index (χ0) is 13.5. The Balaban J connectivity index is 1.55. The van der Waals surface area contributed by atoms with Crippen LogP contribution in [-0.4, -0.2) is 17.6 Å². The molecule has 1 aromatic heterocycles. The van der Waals surface area contributed by atoms with E-state index in [0.29, 0.717) is 12.1 Å². The number of rotatable bonds is 4. The lowest BCUT2D eigenvalue weighted by molar-refractivity contribution is 0.553. The number of anilines is 2. The highest BCUT2D eigenvalue weighted by molar-refractivity contribution is 5.65. The second-order valence-corrected chi connectivity index (χ2v) is 5.45. The second-order valence-electron chi connectivity index (χ2n) is 5.45. The molecule has 104 valence electrons. The van der Waals surface area contributed by atoms with E-state index in [-0.39, 0.29) is 5.82 Å². The molecule has 0 bridgehead atoms. The fourth-order valence-corrected chi connectivity index (χ4v) is 2.59. The highest BCUT2D eigenvalue weighted by atomic mass is 19.1. The Labute approximate surface area is 116 Å². The summed E-state index contributed by atoms with van der Waals surface area (Å²) in [5, 5.41) is 3.40. The molecule has 2 aromatic rings. The Bertz CT molecular complexity index is 636. The molecule has 1 fully saturated rings. The summed E-state index contributed by atoms with van der Waals surface area (Å²) in [6, 6.07) is 6.10. The lowest BCUT2D eigenvalue weighted by Crippen LogP contribution is -2.16. The van der Waals surface area contributed by atoms with Crippen molar-refractivity contribution in [3.8, 4) is 0 Å².